The number of alkyl halides is 3. The lowest BCUT2D eigenvalue weighted by Crippen LogP contribution is -2.07. The summed E-state index contributed by atoms with van der Waals surface area (Å²) in [6.07, 6.45) is -3.24. The van der Waals surface area contributed by atoms with Crippen LogP contribution in [-0.2, 0) is 13.2 Å². The number of pyridine rings is 1. The molecule has 6 heteroatoms. The van der Waals surface area contributed by atoms with Crippen molar-refractivity contribution in [1.82, 2.24) is 14.8 Å². The molecule has 2 aromatic heterocycles. The lowest BCUT2D eigenvalue weighted by atomic mass is 10.1. The molecule has 102 valence electrons. The lowest BCUT2D eigenvalue weighted by Gasteiger charge is -2.10. The van der Waals surface area contributed by atoms with E-state index in [0.717, 1.165) is 6.07 Å². The van der Waals surface area contributed by atoms with Crippen LogP contribution < -0.4 is 0 Å². The van der Waals surface area contributed by atoms with Gasteiger partial charge < -0.3 is 0 Å². The molecule has 3 nitrogen and oxygen atoms in total. The van der Waals surface area contributed by atoms with E-state index >= 15 is 0 Å². The van der Waals surface area contributed by atoms with Crippen LogP contribution in [0.2, 0.25) is 0 Å². The first kappa shape index (κ1) is 12.7. The number of halogens is 3. The molecule has 20 heavy (non-hydrogen) atoms. The van der Waals surface area contributed by atoms with Crippen LogP contribution >= 0.6 is 0 Å². The Morgan fingerprint density at radius 3 is 2.45 bits per heavy atom. The van der Waals surface area contributed by atoms with E-state index in [1.165, 1.54) is 10.9 Å². The third-order valence-corrected chi connectivity index (χ3v) is 3.08. The van der Waals surface area contributed by atoms with Crippen LogP contribution in [0.4, 0.5) is 13.2 Å². The van der Waals surface area contributed by atoms with E-state index in [4.69, 9.17) is 0 Å². The van der Waals surface area contributed by atoms with Crippen LogP contribution in [0.3, 0.4) is 0 Å². The van der Waals surface area contributed by atoms with Crippen LogP contribution in [0.1, 0.15) is 5.56 Å². The Morgan fingerprint density at radius 1 is 1.10 bits per heavy atom. The standard InChI is InChI=1S/C14H10F3N3/c1-20-13-10(8-18-20)11(14(15,16)17)7-12(19-13)9-5-3-2-4-6-9/h2-8H,1H3. The molecule has 0 saturated heterocycles. The molecule has 3 rings (SSSR count). The minimum atomic E-state index is -4.44. The summed E-state index contributed by atoms with van der Waals surface area (Å²) in [5, 5.41) is 3.87. The van der Waals surface area contributed by atoms with E-state index < -0.39 is 11.7 Å². The molecule has 2 heterocycles. The minimum absolute atomic E-state index is 0.0136. The van der Waals surface area contributed by atoms with Gasteiger partial charge in [-0.3, -0.25) is 4.68 Å². The lowest BCUT2D eigenvalue weighted by molar-refractivity contribution is -0.136. The molecule has 0 amide bonds. The molecule has 0 aliphatic rings. The predicted molar refractivity (Wildman–Crippen MR) is 68.9 cm³/mol. The first-order valence-corrected chi connectivity index (χ1v) is 5.92. The molecule has 1 aromatic carbocycles. The van der Waals surface area contributed by atoms with Gasteiger partial charge in [0.25, 0.3) is 0 Å². The molecule has 0 fully saturated rings. The number of aromatic nitrogens is 3. The summed E-state index contributed by atoms with van der Waals surface area (Å²) >= 11 is 0. The summed E-state index contributed by atoms with van der Waals surface area (Å²) in [7, 11) is 1.57. The number of fused-ring (bicyclic) bond motifs is 1. The summed E-state index contributed by atoms with van der Waals surface area (Å²) in [6.45, 7) is 0. The predicted octanol–water partition coefficient (Wildman–Crippen LogP) is 3.65. The number of nitrogens with zero attached hydrogens (tertiary/aromatic N) is 3. The third-order valence-electron chi connectivity index (χ3n) is 3.08. The number of hydrogen-bond acceptors (Lipinski definition) is 2. The normalized spacial score (nSPS) is 12.0. The summed E-state index contributed by atoms with van der Waals surface area (Å²) in [5.41, 5.74) is 0.434. The largest absolute Gasteiger partial charge is 0.417 e. The van der Waals surface area contributed by atoms with Gasteiger partial charge in [0.15, 0.2) is 5.65 Å². The van der Waals surface area contributed by atoms with E-state index in [9.17, 15) is 13.2 Å². The molecule has 0 atom stereocenters. The van der Waals surface area contributed by atoms with Crippen molar-refractivity contribution in [2.24, 2.45) is 7.05 Å². The van der Waals surface area contributed by atoms with E-state index in [0.29, 0.717) is 5.56 Å². The Hall–Kier alpha value is -2.37. The fourth-order valence-corrected chi connectivity index (χ4v) is 2.11. The molecule has 0 bridgehead atoms. The quantitative estimate of drug-likeness (QED) is 0.679. The Kier molecular flexibility index (Phi) is 2.74. The van der Waals surface area contributed by atoms with Crippen molar-refractivity contribution in [3.05, 3.63) is 48.2 Å². The maximum atomic E-state index is 13.2. The summed E-state index contributed by atoms with van der Waals surface area (Å²) < 4.78 is 40.8. The van der Waals surface area contributed by atoms with Crippen LogP contribution in [0, 0.1) is 0 Å². The molecule has 0 unspecified atom stereocenters. The number of benzene rings is 1. The maximum Gasteiger partial charge on any atom is 0.417 e. The second-order valence-corrected chi connectivity index (χ2v) is 4.42. The van der Waals surface area contributed by atoms with Crippen LogP contribution in [0.15, 0.2) is 42.6 Å². The van der Waals surface area contributed by atoms with Gasteiger partial charge >= 0.3 is 6.18 Å². The smallest absolute Gasteiger partial charge is 0.250 e. The van der Waals surface area contributed by atoms with E-state index in [1.54, 1.807) is 37.4 Å². The molecule has 0 aliphatic carbocycles. The average Bonchev–Trinajstić information content (AvgIpc) is 2.79. The molecule has 0 spiro atoms. The van der Waals surface area contributed by atoms with Gasteiger partial charge in [-0.15, -0.1) is 0 Å². The highest BCUT2D eigenvalue weighted by Gasteiger charge is 2.34. The Bertz CT molecular complexity index is 760. The van der Waals surface area contributed by atoms with Crippen molar-refractivity contribution in [3.63, 3.8) is 0 Å². The Morgan fingerprint density at radius 2 is 1.80 bits per heavy atom. The molecule has 0 saturated carbocycles. The number of rotatable bonds is 1. The van der Waals surface area contributed by atoms with Gasteiger partial charge in [0.05, 0.1) is 22.8 Å². The van der Waals surface area contributed by atoms with Crippen molar-refractivity contribution < 1.29 is 13.2 Å². The molecule has 0 N–H and O–H groups in total. The van der Waals surface area contributed by atoms with Crippen molar-refractivity contribution in [2.45, 2.75) is 6.18 Å². The zero-order chi connectivity index (χ0) is 14.3. The molecular formula is C14H10F3N3. The highest BCUT2D eigenvalue weighted by molar-refractivity contribution is 5.82. The monoisotopic (exact) mass is 277 g/mol. The summed E-state index contributed by atoms with van der Waals surface area (Å²) in [6, 6.07) is 9.85. The van der Waals surface area contributed by atoms with E-state index in [2.05, 4.69) is 10.1 Å². The van der Waals surface area contributed by atoms with Gasteiger partial charge in [-0.1, -0.05) is 30.3 Å². The Balaban J connectivity index is 2.33. The zero-order valence-electron chi connectivity index (χ0n) is 10.5. The summed E-state index contributed by atoms with van der Waals surface area (Å²) in [5.74, 6) is 0. The van der Waals surface area contributed by atoms with Gasteiger partial charge in [-0.05, 0) is 6.07 Å². The SMILES string of the molecule is Cn1ncc2c(C(F)(F)F)cc(-c3ccccc3)nc21. The van der Waals surface area contributed by atoms with Gasteiger partial charge in [-0.25, -0.2) is 4.98 Å². The molecule has 0 radical (unpaired) electrons. The topological polar surface area (TPSA) is 30.7 Å². The minimum Gasteiger partial charge on any atom is -0.250 e. The first-order chi connectivity index (χ1) is 9.47. The van der Waals surface area contributed by atoms with Gasteiger partial charge in [0, 0.05) is 12.6 Å². The Labute approximate surface area is 112 Å². The van der Waals surface area contributed by atoms with Crippen LogP contribution in [-0.4, -0.2) is 14.8 Å². The first-order valence-electron chi connectivity index (χ1n) is 5.92. The number of aryl methyl sites for hydroxylation is 1. The van der Waals surface area contributed by atoms with Gasteiger partial charge in [0.2, 0.25) is 0 Å². The fourth-order valence-electron chi connectivity index (χ4n) is 2.11. The average molecular weight is 277 g/mol. The van der Waals surface area contributed by atoms with Crippen LogP contribution in [0.5, 0.6) is 0 Å². The molecular weight excluding hydrogens is 267 g/mol. The fraction of sp³-hybridized carbons (Fsp3) is 0.143. The van der Waals surface area contributed by atoms with Gasteiger partial charge in [0.1, 0.15) is 0 Å². The zero-order valence-corrected chi connectivity index (χ0v) is 10.5. The second-order valence-electron chi connectivity index (χ2n) is 4.42. The summed E-state index contributed by atoms with van der Waals surface area (Å²) in [4.78, 5) is 4.28. The van der Waals surface area contributed by atoms with E-state index in [1.807, 2.05) is 0 Å². The van der Waals surface area contributed by atoms with Crippen molar-refractivity contribution in [2.75, 3.05) is 0 Å². The van der Waals surface area contributed by atoms with Crippen molar-refractivity contribution in [3.8, 4) is 11.3 Å². The molecule has 0 aliphatic heterocycles. The third kappa shape index (κ3) is 2.03. The second kappa shape index (κ2) is 4.33. The van der Waals surface area contributed by atoms with Gasteiger partial charge in [-0.2, -0.15) is 18.3 Å². The van der Waals surface area contributed by atoms with Crippen molar-refractivity contribution in [1.29, 1.82) is 0 Å². The number of hydrogen-bond donors (Lipinski definition) is 0. The highest BCUT2D eigenvalue weighted by Crippen LogP contribution is 2.36. The van der Waals surface area contributed by atoms with Crippen molar-refractivity contribution >= 4 is 11.0 Å². The van der Waals surface area contributed by atoms with E-state index in [-0.39, 0.29) is 16.7 Å². The highest BCUT2D eigenvalue weighted by atomic mass is 19.4. The maximum absolute atomic E-state index is 13.2. The molecule has 3 aromatic rings. The van der Waals surface area contributed by atoms with Crippen LogP contribution in [0.25, 0.3) is 22.3 Å².